The Kier molecular flexibility index (Phi) is 8.46. The Balaban J connectivity index is 1.23. The van der Waals surface area contributed by atoms with E-state index in [2.05, 4.69) is 25.5 Å². The molecule has 0 fully saturated rings. The van der Waals surface area contributed by atoms with Crippen molar-refractivity contribution in [1.29, 1.82) is 0 Å². The van der Waals surface area contributed by atoms with Crippen molar-refractivity contribution in [3.8, 4) is 16.3 Å². The number of pyridine rings is 1. The van der Waals surface area contributed by atoms with Crippen molar-refractivity contribution in [1.82, 2.24) is 20.2 Å². The summed E-state index contributed by atoms with van der Waals surface area (Å²) in [6.45, 7) is 3.68. The summed E-state index contributed by atoms with van der Waals surface area (Å²) in [7, 11) is 4.09. The number of anilines is 1. The summed E-state index contributed by atoms with van der Waals surface area (Å²) in [5.41, 5.74) is 2.61. The SMILES string of the molecule is Cc1c(C(=O)NCc2cnc(-c3ccc(OCCCN(C)C)cc3)s2)ccc2c1NC(=O)c1ccncc1[S+]2[O-]. The maximum atomic E-state index is 13.2. The quantitative estimate of drug-likeness (QED) is 0.223. The number of aromatic nitrogens is 2. The van der Waals surface area contributed by atoms with E-state index in [1.807, 2.05) is 38.4 Å². The van der Waals surface area contributed by atoms with Gasteiger partial charge in [0.15, 0.2) is 9.79 Å². The Morgan fingerprint density at radius 1 is 1.12 bits per heavy atom. The lowest BCUT2D eigenvalue weighted by atomic mass is 10.1. The molecule has 2 N–H and O–H groups in total. The van der Waals surface area contributed by atoms with E-state index in [0.29, 0.717) is 45.3 Å². The smallest absolute Gasteiger partial charge is 0.261 e. The average Bonchev–Trinajstić information content (AvgIpc) is 3.40. The molecule has 0 bridgehead atoms. The Bertz CT molecular complexity index is 1540. The fraction of sp³-hybridized carbons (Fsp3) is 0.241. The molecule has 11 heteroatoms. The van der Waals surface area contributed by atoms with Crippen LogP contribution in [-0.2, 0) is 17.7 Å². The fourth-order valence-electron chi connectivity index (χ4n) is 4.31. The second-order valence-electron chi connectivity index (χ2n) is 9.55. The molecule has 0 saturated carbocycles. The first-order valence-corrected chi connectivity index (χ1v) is 14.7. The van der Waals surface area contributed by atoms with Gasteiger partial charge in [0.25, 0.3) is 11.8 Å². The molecule has 0 saturated heterocycles. The minimum Gasteiger partial charge on any atom is -0.606 e. The topological polar surface area (TPSA) is 120 Å². The monoisotopic (exact) mass is 575 g/mol. The predicted molar refractivity (Wildman–Crippen MR) is 155 cm³/mol. The third-order valence-electron chi connectivity index (χ3n) is 6.43. The lowest BCUT2D eigenvalue weighted by Gasteiger charge is -2.15. The molecule has 3 heterocycles. The molecule has 1 atom stereocenters. The molecule has 5 rings (SSSR count). The van der Waals surface area contributed by atoms with Crippen LogP contribution in [0.3, 0.4) is 0 Å². The number of hydrogen-bond donors (Lipinski definition) is 2. The largest absolute Gasteiger partial charge is 0.606 e. The maximum Gasteiger partial charge on any atom is 0.261 e. The first-order chi connectivity index (χ1) is 19.3. The lowest BCUT2D eigenvalue weighted by Crippen LogP contribution is -2.24. The summed E-state index contributed by atoms with van der Waals surface area (Å²) in [4.78, 5) is 38.2. The van der Waals surface area contributed by atoms with E-state index in [9.17, 15) is 14.1 Å². The number of hydrogen-bond acceptors (Lipinski definition) is 8. The number of nitrogens with zero attached hydrogens (tertiary/aromatic N) is 3. The van der Waals surface area contributed by atoms with Crippen LogP contribution < -0.4 is 15.4 Å². The number of amides is 2. The molecule has 9 nitrogen and oxygen atoms in total. The Morgan fingerprint density at radius 3 is 2.70 bits per heavy atom. The van der Waals surface area contributed by atoms with Gasteiger partial charge in [-0.3, -0.25) is 14.6 Å². The molecule has 1 unspecified atom stereocenters. The number of carbonyl (C=O) groups excluding carboxylic acids is 2. The molecule has 2 amide bonds. The van der Waals surface area contributed by atoms with Crippen LogP contribution in [0.4, 0.5) is 5.69 Å². The standard InChI is InChI=1S/C29H29N5O4S2/c1-18-22(9-10-24-26(18)33-28(36)23-11-12-30-17-25(23)40(24)37)27(35)31-15-21-16-32-29(39-21)19-5-7-20(8-6-19)38-14-4-13-34(2)3/h5-12,16-17H,4,13-15H2,1-3H3,(H,31,35)(H,33,36). The van der Waals surface area contributed by atoms with Crippen molar-refractivity contribution in [2.75, 3.05) is 32.6 Å². The first-order valence-electron chi connectivity index (χ1n) is 12.7. The van der Waals surface area contributed by atoms with Gasteiger partial charge in [-0.15, -0.1) is 11.3 Å². The zero-order valence-corrected chi connectivity index (χ0v) is 24.0. The minimum absolute atomic E-state index is 0.297. The van der Waals surface area contributed by atoms with Gasteiger partial charge in [0.1, 0.15) is 16.4 Å². The number of nitrogens with one attached hydrogen (secondary N) is 2. The highest BCUT2D eigenvalue weighted by Crippen LogP contribution is 2.36. The molecule has 40 heavy (non-hydrogen) atoms. The molecule has 0 spiro atoms. The maximum absolute atomic E-state index is 13.2. The van der Waals surface area contributed by atoms with Crippen LogP contribution in [0.2, 0.25) is 0 Å². The van der Waals surface area contributed by atoms with Crippen molar-refractivity contribution in [2.24, 2.45) is 0 Å². The second-order valence-corrected chi connectivity index (χ2v) is 12.1. The van der Waals surface area contributed by atoms with Crippen LogP contribution in [0.15, 0.2) is 70.8 Å². The van der Waals surface area contributed by atoms with Gasteiger partial charge in [-0.05, 0) is 75.5 Å². The second kappa shape index (κ2) is 12.2. The number of rotatable bonds is 9. The average molecular weight is 576 g/mol. The highest BCUT2D eigenvalue weighted by atomic mass is 32.2. The summed E-state index contributed by atoms with van der Waals surface area (Å²) in [5, 5.41) is 6.62. The zero-order chi connectivity index (χ0) is 28.2. The van der Waals surface area contributed by atoms with E-state index in [0.717, 1.165) is 34.2 Å². The number of benzene rings is 2. The van der Waals surface area contributed by atoms with Crippen LogP contribution >= 0.6 is 11.3 Å². The van der Waals surface area contributed by atoms with Gasteiger partial charge >= 0.3 is 0 Å². The van der Waals surface area contributed by atoms with E-state index in [1.54, 1.807) is 25.3 Å². The summed E-state index contributed by atoms with van der Waals surface area (Å²) in [5.74, 6) is 0.143. The van der Waals surface area contributed by atoms with Gasteiger partial charge in [-0.1, -0.05) is 0 Å². The van der Waals surface area contributed by atoms with Crippen LogP contribution in [0, 0.1) is 6.92 Å². The van der Waals surface area contributed by atoms with E-state index in [-0.39, 0.29) is 11.8 Å². The number of carbonyl (C=O) groups is 2. The Labute approximate surface area is 239 Å². The normalized spacial score (nSPS) is 14.2. The van der Waals surface area contributed by atoms with Gasteiger partial charge in [0.05, 0.1) is 24.9 Å². The number of fused-ring (bicyclic) bond motifs is 2. The van der Waals surface area contributed by atoms with Crippen molar-refractivity contribution in [3.05, 3.63) is 82.6 Å². The summed E-state index contributed by atoms with van der Waals surface area (Å²) < 4.78 is 19.0. The molecule has 206 valence electrons. The molecule has 0 aliphatic carbocycles. The van der Waals surface area contributed by atoms with Gasteiger partial charge in [0.2, 0.25) is 0 Å². The summed E-state index contributed by atoms with van der Waals surface area (Å²) >= 11 is -0.107. The summed E-state index contributed by atoms with van der Waals surface area (Å²) in [6, 6.07) is 12.6. The highest BCUT2D eigenvalue weighted by Gasteiger charge is 2.33. The molecule has 1 aliphatic heterocycles. The van der Waals surface area contributed by atoms with Crippen LogP contribution in [0.5, 0.6) is 5.75 Å². The highest BCUT2D eigenvalue weighted by molar-refractivity contribution is 7.91. The minimum atomic E-state index is -1.61. The molecular weight excluding hydrogens is 546 g/mol. The number of thiazole rings is 1. The molecule has 4 aromatic rings. The molecule has 1 aliphatic rings. The third-order valence-corrected chi connectivity index (χ3v) is 8.95. The Hall–Kier alpha value is -3.77. The van der Waals surface area contributed by atoms with Gasteiger partial charge in [-0.25, -0.2) is 4.98 Å². The van der Waals surface area contributed by atoms with E-state index >= 15 is 0 Å². The van der Waals surface area contributed by atoms with Crippen LogP contribution in [-0.4, -0.2) is 58.5 Å². The van der Waals surface area contributed by atoms with Gasteiger partial charge < -0.3 is 24.8 Å². The Morgan fingerprint density at radius 2 is 1.93 bits per heavy atom. The molecular formula is C29H29N5O4S2. The van der Waals surface area contributed by atoms with Crippen LogP contribution in [0.1, 0.15) is 37.6 Å². The van der Waals surface area contributed by atoms with E-state index < -0.39 is 11.2 Å². The van der Waals surface area contributed by atoms with Crippen molar-refractivity contribution < 1.29 is 18.9 Å². The summed E-state index contributed by atoms with van der Waals surface area (Å²) in [6.07, 6.45) is 5.64. The first kappa shape index (κ1) is 27.8. The zero-order valence-electron chi connectivity index (χ0n) is 22.4. The molecule has 2 aromatic carbocycles. The fourth-order valence-corrected chi connectivity index (χ4v) is 6.50. The van der Waals surface area contributed by atoms with Crippen molar-refractivity contribution in [3.63, 3.8) is 0 Å². The van der Waals surface area contributed by atoms with Crippen molar-refractivity contribution >= 4 is 40.0 Å². The molecule has 2 aromatic heterocycles. The van der Waals surface area contributed by atoms with Gasteiger partial charge in [-0.2, -0.15) is 0 Å². The van der Waals surface area contributed by atoms with Crippen molar-refractivity contribution in [2.45, 2.75) is 29.7 Å². The number of ether oxygens (including phenoxy) is 1. The lowest BCUT2D eigenvalue weighted by molar-refractivity contribution is 0.0949. The van der Waals surface area contributed by atoms with E-state index in [4.69, 9.17) is 4.74 Å². The predicted octanol–water partition coefficient (Wildman–Crippen LogP) is 4.51. The van der Waals surface area contributed by atoms with Crippen LogP contribution in [0.25, 0.3) is 10.6 Å². The van der Waals surface area contributed by atoms with E-state index in [1.165, 1.54) is 29.8 Å². The third kappa shape index (κ3) is 6.02. The molecule has 0 radical (unpaired) electrons. The van der Waals surface area contributed by atoms with Gasteiger partial charge in [0, 0.05) is 46.1 Å².